The molecule has 0 spiro atoms. The fourth-order valence-corrected chi connectivity index (χ4v) is 6.01. The summed E-state index contributed by atoms with van der Waals surface area (Å²) < 4.78 is 0. The van der Waals surface area contributed by atoms with E-state index in [1.807, 2.05) is 0 Å². The van der Waals surface area contributed by atoms with Gasteiger partial charge in [-0.25, -0.2) is 0 Å². The molecule has 4 saturated carbocycles. The fraction of sp³-hybridized carbons (Fsp3) is 0.579. The van der Waals surface area contributed by atoms with Gasteiger partial charge in [0.2, 0.25) is 5.91 Å². The van der Waals surface area contributed by atoms with Gasteiger partial charge in [0.05, 0.1) is 5.60 Å². The molecular weight excluding hydrogens is 340 g/mol. The van der Waals surface area contributed by atoms with Gasteiger partial charge in [-0.1, -0.05) is 17.7 Å². The molecule has 4 aliphatic rings. The van der Waals surface area contributed by atoms with Crippen LogP contribution in [-0.4, -0.2) is 22.5 Å². The van der Waals surface area contributed by atoms with Gasteiger partial charge in [-0.3, -0.25) is 20.4 Å². The van der Waals surface area contributed by atoms with Crippen molar-refractivity contribution in [1.82, 2.24) is 10.9 Å². The molecule has 6 heteroatoms. The quantitative estimate of drug-likeness (QED) is 0.723. The number of hydrazine groups is 1. The molecule has 4 fully saturated rings. The number of hydrogen-bond donors (Lipinski definition) is 3. The van der Waals surface area contributed by atoms with Crippen LogP contribution in [0.5, 0.6) is 0 Å². The Morgan fingerprint density at radius 3 is 2.52 bits per heavy atom. The minimum absolute atomic E-state index is 0.107. The third kappa shape index (κ3) is 3.40. The lowest BCUT2D eigenvalue weighted by Gasteiger charge is -2.60. The standard InChI is InChI=1S/C19H23ClN2O3/c20-15-3-1-2-14(5-15)17(24)22-21-16(23)10-18-6-12-4-13(7-18)9-19(25,8-12)11-18/h1-3,5,12-13,25H,4,6-11H2,(H,21,23)(H,22,24)/t12-,13+,18?,19?. The Kier molecular flexibility index (Phi) is 4.04. The molecule has 0 aliphatic heterocycles. The highest BCUT2D eigenvalue weighted by Crippen LogP contribution is 2.62. The molecule has 5 rings (SSSR count). The third-order valence-corrected chi connectivity index (χ3v) is 6.32. The monoisotopic (exact) mass is 362 g/mol. The molecule has 1 aromatic carbocycles. The Balaban J connectivity index is 1.36. The van der Waals surface area contributed by atoms with Gasteiger partial charge in [0.25, 0.3) is 5.91 Å². The molecule has 3 N–H and O–H groups in total. The number of carbonyl (C=O) groups excluding carboxylic acids is 2. The number of carbonyl (C=O) groups is 2. The van der Waals surface area contributed by atoms with Crippen molar-refractivity contribution in [2.24, 2.45) is 17.3 Å². The number of benzene rings is 1. The van der Waals surface area contributed by atoms with Crippen molar-refractivity contribution in [2.45, 2.75) is 50.5 Å². The number of rotatable bonds is 3. The molecule has 4 atom stereocenters. The molecule has 25 heavy (non-hydrogen) atoms. The van der Waals surface area contributed by atoms with E-state index in [1.54, 1.807) is 24.3 Å². The van der Waals surface area contributed by atoms with Gasteiger partial charge in [-0.05, 0) is 74.0 Å². The smallest absolute Gasteiger partial charge is 0.269 e. The second kappa shape index (κ2) is 5.99. The molecule has 4 bridgehead atoms. The molecule has 2 amide bonds. The van der Waals surface area contributed by atoms with Gasteiger partial charge < -0.3 is 5.11 Å². The summed E-state index contributed by atoms with van der Waals surface area (Å²) in [6.45, 7) is 0. The highest BCUT2D eigenvalue weighted by atomic mass is 35.5. The summed E-state index contributed by atoms with van der Waals surface area (Å²) in [7, 11) is 0. The molecule has 1 aromatic rings. The van der Waals surface area contributed by atoms with Crippen molar-refractivity contribution in [3.63, 3.8) is 0 Å². The maximum absolute atomic E-state index is 12.4. The zero-order valence-corrected chi connectivity index (χ0v) is 14.8. The third-order valence-electron chi connectivity index (χ3n) is 6.09. The van der Waals surface area contributed by atoms with Crippen molar-refractivity contribution in [2.75, 3.05) is 0 Å². The average molecular weight is 363 g/mol. The Morgan fingerprint density at radius 1 is 1.16 bits per heavy atom. The number of aliphatic hydroxyl groups is 1. The molecule has 0 radical (unpaired) electrons. The maximum Gasteiger partial charge on any atom is 0.269 e. The number of halogens is 1. The van der Waals surface area contributed by atoms with Crippen LogP contribution in [0.15, 0.2) is 24.3 Å². The van der Waals surface area contributed by atoms with Crippen LogP contribution in [0.4, 0.5) is 0 Å². The molecule has 2 unspecified atom stereocenters. The predicted molar refractivity (Wildman–Crippen MR) is 93.7 cm³/mol. The Hall–Kier alpha value is -1.59. The summed E-state index contributed by atoms with van der Waals surface area (Å²) >= 11 is 5.88. The lowest BCUT2D eigenvalue weighted by molar-refractivity contribution is -0.169. The van der Waals surface area contributed by atoms with E-state index in [4.69, 9.17) is 11.6 Å². The van der Waals surface area contributed by atoms with E-state index in [9.17, 15) is 14.7 Å². The van der Waals surface area contributed by atoms with Crippen molar-refractivity contribution >= 4 is 23.4 Å². The highest BCUT2D eigenvalue weighted by Gasteiger charge is 2.57. The summed E-state index contributed by atoms with van der Waals surface area (Å²) in [5, 5.41) is 11.2. The molecule has 0 aromatic heterocycles. The zero-order valence-electron chi connectivity index (χ0n) is 14.1. The Morgan fingerprint density at radius 2 is 1.88 bits per heavy atom. The van der Waals surface area contributed by atoms with Crippen LogP contribution in [0, 0.1) is 17.3 Å². The predicted octanol–water partition coefficient (Wildman–Crippen LogP) is 2.82. The van der Waals surface area contributed by atoms with Gasteiger partial charge in [0.15, 0.2) is 0 Å². The topological polar surface area (TPSA) is 78.4 Å². The van der Waals surface area contributed by atoms with Gasteiger partial charge in [-0.15, -0.1) is 0 Å². The lowest BCUT2D eigenvalue weighted by atomic mass is 9.47. The first-order valence-corrected chi connectivity index (χ1v) is 9.30. The Labute approximate surface area is 152 Å². The maximum atomic E-state index is 12.4. The second-order valence-electron chi connectivity index (χ2n) is 8.37. The summed E-state index contributed by atoms with van der Waals surface area (Å²) in [5.41, 5.74) is 4.70. The van der Waals surface area contributed by atoms with E-state index >= 15 is 0 Å². The minimum Gasteiger partial charge on any atom is -0.390 e. The number of hydrogen-bond acceptors (Lipinski definition) is 3. The normalized spacial score (nSPS) is 35.4. The number of amides is 2. The van der Waals surface area contributed by atoms with Crippen LogP contribution in [0.1, 0.15) is 55.3 Å². The summed E-state index contributed by atoms with van der Waals surface area (Å²) in [5.74, 6) is 0.501. The first-order chi connectivity index (χ1) is 11.8. The van der Waals surface area contributed by atoms with Crippen molar-refractivity contribution < 1.29 is 14.7 Å². The van der Waals surface area contributed by atoms with Crippen molar-refractivity contribution in [3.8, 4) is 0 Å². The van der Waals surface area contributed by atoms with Crippen LogP contribution in [0.3, 0.4) is 0 Å². The molecule has 0 heterocycles. The average Bonchev–Trinajstić information content (AvgIpc) is 2.49. The van der Waals surface area contributed by atoms with Crippen molar-refractivity contribution in [3.05, 3.63) is 34.9 Å². The van der Waals surface area contributed by atoms with Gasteiger partial charge in [0.1, 0.15) is 0 Å². The first-order valence-electron chi connectivity index (χ1n) is 8.92. The van der Waals surface area contributed by atoms with Crippen LogP contribution >= 0.6 is 11.6 Å². The van der Waals surface area contributed by atoms with Crippen LogP contribution in [0.25, 0.3) is 0 Å². The molecule has 134 valence electrons. The van der Waals surface area contributed by atoms with Crippen LogP contribution < -0.4 is 10.9 Å². The van der Waals surface area contributed by atoms with E-state index in [0.717, 1.165) is 25.7 Å². The lowest BCUT2D eigenvalue weighted by Crippen LogP contribution is -2.57. The summed E-state index contributed by atoms with van der Waals surface area (Å²) in [6.07, 6.45) is 6.07. The molecule has 5 nitrogen and oxygen atoms in total. The molecule has 0 saturated heterocycles. The molecule has 4 aliphatic carbocycles. The van der Waals surface area contributed by atoms with Crippen LogP contribution in [-0.2, 0) is 4.79 Å². The van der Waals surface area contributed by atoms with Crippen molar-refractivity contribution in [1.29, 1.82) is 0 Å². The van der Waals surface area contributed by atoms with Gasteiger partial charge in [-0.2, -0.15) is 0 Å². The van der Waals surface area contributed by atoms with E-state index in [2.05, 4.69) is 10.9 Å². The zero-order chi connectivity index (χ0) is 17.7. The van der Waals surface area contributed by atoms with E-state index in [0.29, 0.717) is 35.3 Å². The fourth-order valence-electron chi connectivity index (χ4n) is 5.82. The summed E-state index contributed by atoms with van der Waals surface area (Å²) in [6, 6.07) is 6.57. The summed E-state index contributed by atoms with van der Waals surface area (Å²) in [4.78, 5) is 24.5. The minimum atomic E-state index is -0.575. The Bertz CT molecular complexity index is 706. The van der Waals surface area contributed by atoms with E-state index < -0.39 is 5.60 Å². The first kappa shape index (κ1) is 16.9. The SMILES string of the molecule is O=C(CC12C[C@@H]3C[C@@H](CC(O)(C3)C1)C2)NNC(=O)c1cccc(Cl)c1. The van der Waals surface area contributed by atoms with Crippen LogP contribution in [0.2, 0.25) is 5.02 Å². The van der Waals surface area contributed by atoms with Gasteiger partial charge in [0, 0.05) is 17.0 Å². The second-order valence-corrected chi connectivity index (χ2v) is 8.81. The van der Waals surface area contributed by atoms with E-state index in [-0.39, 0.29) is 17.2 Å². The number of nitrogens with one attached hydrogen (secondary N) is 2. The molecular formula is C19H23ClN2O3. The highest BCUT2D eigenvalue weighted by molar-refractivity contribution is 6.30. The van der Waals surface area contributed by atoms with Gasteiger partial charge >= 0.3 is 0 Å². The van der Waals surface area contributed by atoms with E-state index in [1.165, 1.54) is 6.42 Å². The largest absolute Gasteiger partial charge is 0.390 e.